The van der Waals surface area contributed by atoms with Crippen LogP contribution < -0.4 is 9.62 Å². The molecule has 0 aliphatic carbocycles. The summed E-state index contributed by atoms with van der Waals surface area (Å²) >= 11 is 1.54. The molecule has 0 radical (unpaired) electrons. The predicted octanol–water partition coefficient (Wildman–Crippen LogP) is 4.73. The van der Waals surface area contributed by atoms with Gasteiger partial charge in [-0.15, -0.1) is 11.3 Å². The molecule has 0 spiro atoms. The number of fused-ring (bicyclic) bond motifs is 2. The fraction of sp³-hybridized carbons (Fsp3) is 0.231. The van der Waals surface area contributed by atoms with E-state index in [2.05, 4.69) is 32.1 Å². The second kappa shape index (κ2) is 9.08. The van der Waals surface area contributed by atoms with E-state index < -0.39 is 15.8 Å². The maximum Gasteiger partial charge on any atom is 0.267 e. The number of anilines is 3. The third kappa shape index (κ3) is 4.14. The van der Waals surface area contributed by atoms with Crippen molar-refractivity contribution in [1.82, 2.24) is 14.9 Å². The summed E-state index contributed by atoms with van der Waals surface area (Å²) in [5.74, 6) is 3.17. The van der Waals surface area contributed by atoms with Gasteiger partial charge in [0.15, 0.2) is 5.82 Å². The molecule has 1 N–H and O–H groups in total. The topological polar surface area (TPSA) is 78.4 Å². The largest absolute Gasteiger partial charge is 0.339 e. The maximum atomic E-state index is 14.2. The molecule has 4 aromatic rings. The van der Waals surface area contributed by atoms with Crippen molar-refractivity contribution >= 4 is 48.8 Å². The van der Waals surface area contributed by atoms with Gasteiger partial charge in [0.05, 0.1) is 20.8 Å². The lowest BCUT2D eigenvalue weighted by Gasteiger charge is -2.20. The van der Waals surface area contributed by atoms with Gasteiger partial charge in [-0.05, 0) is 67.1 Å². The fourth-order valence-electron chi connectivity index (χ4n) is 4.58. The van der Waals surface area contributed by atoms with Crippen LogP contribution in [0.5, 0.6) is 0 Å². The number of thiophene rings is 1. The molecule has 4 heterocycles. The number of likely N-dealkylation sites (tertiary alicyclic amines) is 1. The predicted molar refractivity (Wildman–Crippen MR) is 139 cm³/mol. The molecule has 0 saturated carbocycles. The van der Waals surface area contributed by atoms with Gasteiger partial charge in [-0.2, -0.15) is 0 Å². The molecule has 7 nitrogen and oxygen atoms in total. The minimum atomic E-state index is -3.99. The summed E-state index contributed by atoms with van der Waals surface area (Å²) in [6.45, 7) is 2.29. The van der Waals surface area contributed by atoms with Crippen LogP contribution in [0.1, 0.15) is 23.3 Å². The second-order valence-electron chi connectivity index (χ2n) is 8.70. The van der Waals surface area contributed by atoms with Crippen LogP contribution in [0.3, 0.4) is 0 Å². The van der Waals surface area contributed by atoms with Crippen molar-refractivity contribution in [3.05, 3.63) is 71.1 Å². The highest BCUT2D eigenvalue weighted by atomic mass is 32.2. The normalized spacial score (nSPS) is 15.1. The Morgan fingerprint density at radius 2 is 1.86 bits per heavy atom. The van der Waals surface area contributed by atoms with Gasteiger partial charge < -0.3 is 10.2 Å². The summed E-state index contributed by atoms with van der Waals surface area (Å²) in [4.78, 5) is 11.6. The lowest BCUT2D eigenvalue weighted by atomic mass is 10.1. The molecule has 0 bridgehead atoms. The Morgan fingerprint density at radius 3 is 2.69 bits per heavy atom. The minimum Gasteiger partial charge on any atom is -0.339 e. The van der Waals surface area contributed by atoms with E-state index >= 15 is 0 Å². The number of nitrogens with zero attached hydrogens (tertiary/aromatic N) is 4. The van der Waals surface area contributed by atoms with Crippen molar-refractivity contribution in [2.24, 2.45) is 0 Å². The third-order valence-corrected chi connectivity index (χ3v) is 9.25. The monoisotopic (exact) mass is 519 g/mol. The first-order valence-electron chi connectivity index (χ1n) is 11.7. The third-order valence-electron chi connectivity index (χ3n) is 6.35. The molecular formula is C26H22FN5O2S2. The quantitative estimate of drug-likeness (QED) is 0.393. The molecular weight excluding hydrogens is 497 g/mol. The molecule has 2 aliphatic heterocycles. The van der Waals surface area contributed by atoms with E-state index in [-0.39, 0.29) is 11.4 Å². The van der Waals surface area contributed by atoms with Crippen LogP contribution in [0, 0.1) is 17.8 Å². The number of rotatable bonds is 4. The number of hydrogen-bond donors (Lipinski definition) is 1. The van der Waals surface area contributed by atoms with Crippen molar-refractivity contribution in [2.75, 3.05) is 29.3 Å². The number of nitrogens with one attached hydrogen (secondary N) is 1. The SMILES string of the molecule is O=S(=O)(c1ccccc1F)N1CCc2cc(Nc3ncnc4cc(C#CN5CCCC5)sc34)ccc21. The van der Waals surface area contributed by atoms with Gasteiger partial charge in [-0.25, -0.2) is 22.8 Å². The first-order chi connectivity index (χ1) is 17.5. The van der Waals surface area contributed by atoms with Gasteiger partial charge in [-0.1, -0.05) is 12.1 Å². The van der Waals surface area contributed by atoms with Crippen molar-refractivity contribution in [2.45, 2.75) is 24.2 Å². The molecule has 2 aromatic carbocycles. The fourth-order valence-corrected chi connectivity index (χ4v) is 7.05. The summed E-state index contributed by atoms with van der Waals surface area (Å²) in [5, 5.41) is 3.35. The van der Waals surface area contributed by atoms with Gasteiger partial charge in [0.2, 0.25) is 0 Å². The first kappa shape index (κ1) is 22.8. The van der Waals surface area contributed by atoms with E-state index in [1.54, 1.807) is 17.4 Å². The van der Waals surface area contributed by atoms with E-state index in [0.29, 0.717) is 17.9 Å². The van der Waals surface area contributed by atoms with Gasteiger partial charge in [0.25, 0.3) is 10.0 Å². The minimum absolute atomic E-state index is 0.261. The molecule has 2 aliphatic rings. The average Bonchev–Trinajstić information content (AvgIpc) is 3.62. The molecule has 6 rings (SSSR count). The highest BCUT2D eigenvalue weighted by Crippen LogP contribution is 2.37. The first-order valence-corrected chi connectivity index (χ1v) is 13.9. The Kier molecular flexibility index (Phi) is 5.74. The number of aromatic nitrogens is 2. The molecule has 1 saturated heterocycles. The van der Waals surface area contributed by atoms with Crippen molar-refractivity contribution in [3.8, 4) is 12.0 Å². The smallest absolute Gasteiger partial charge is 0.267 e. The molecule has 0 atom stereocenters. The number of sulfonamides is 1. The van der Waals surface area contributed by atoms with Gasteiger partial charge in [0, 0.05) is 31.4 Å². The summed E-state index contributed by atoms with van der Waals surface area (Å²) in [7, 11) is -3.99. The summed E-state index contributed by atoms with van der Waals surface area (Å²) in [6.07, 6.45) is 4.43. The lowest BCUT2D eigenvalue weighted by Crippen LogP contribution is -2.29. The Labute approximate surface area is 212 Å². The zero-order valence-electron chi connectivity index (χ0n) is 19.2. The Balaban J connectivity index is 1.26. The molecule has 10 heteroatoms. The van der Waals surface area contributed by atoms with Crippen LogP contribution in [-0.2, 0) is 16.4 Å². The van der Waals surface area contributed by atoms with Gasteiger partial charge >= 0.3 is 0 Å². The zero-order valence-corrected chi connectivity index (χ0v) is 20.9. The Hall–Kier alpha value is -3.68. The van der Waals surface area contributed by atoms with E-state index in [0.717, 1.165) is 45.5 Å². The molecule has 182 valence electrons. The Morgan fingerprint density at radius 1 is 1.03 bits per heavy atom. The van der Waals surface area contributed by atoms with E-state index in [4.69, 9.17) is 0 Å². The average molecular weight is 520 g/mol. The van der Waals surface area contributed by atoms with Crippen molar-refractivity contribution in [3.63, 3.8) is 0 Å². The Bertz CT molecular complexity index is 1640. The highest BCUT2D eigenvalue weighted by molar-refractivity contribution is 7.92. The number of halogens is 1. The molecule has 1 fully saturated rings. The van der Waals surface area contributed by atoms with E-state index in [9.17, 15) is 12.8 Å². The van der Waals surface area contributed by atoms with Crippen molar-refractivity contribution in [1.29, 1.82) is 0 Å². The maximum absolute atomic E-state index is 14.2. The summed E-state index contributed by atoms with van der Waals surface area (Å²) in [5.41, 5.74) is 3.05. The van der Waals surface area contributed by atoms with Crippen molar-refractivity contribution < 1.29 is 12.8 Å². The summed E-state index contributed by atoms with van der Waals surface area (Å²) < 4.78 is 42.7. The summed E-state index contributed by atoms with van der Waals surface area (Å²) in [6, 6.07) is 16.1. The zero-order chi connectivity index (χ0) is 24.7. The molecule has 2 aromatic heterocycles. The van der Waals surface area contributed by atoms with Crippen LogP contribution in [0.2, 0.25) is 0 Å². The van der Waals surface area contributed by atoms with Crippen LogP contribution in [0.15, 0.2) is 59.8 Å². The number of hydrogen-bond acceptors (Lipinski definition) is 7. The standard InChI is InChI=1S/C26H22FN5O2S2/c27-21-5-1-2-6-24(21)36(33,34)32-14-9-18-15-19(7-8-23(18)32)30-26-25-22(28-17-29-26)16-20(35-25)10-13-31-11-3-4-12-31/h1-2,5-8,15-17H,3-4,9,11-12,14H2,(H,28,29,30). The van der Waals surface area contributed by atoms with Gasteiger partial charge in [-0.3, -0.25) is 4.31 Å². The van der Waals surface area contributed by atoms with Crippen LogP contribution in [0.4, 0.5) is 21.6 Å². The van der Waals surface area contributed by atoms with Gasteiger partial charge in [0.1, 0.15) is 17.0 Å². The van der Waals surface area contributed by atoms with E-state index in [1.807, 2.05) is 18.2 Å². The van der Waals surface area contributed by atoms with Crippen LogP contribution >= 0.6 is 11.3 Å². The van der Waals surface area contributed by atoms with Crippen LogP contribution in [-0.4, -0.2) is 42.9 Å². The van der Waals surface area contributed by atoms with Crippen LogP contribution in [0.25, 0.3) is 10.2 Å². The second-order valence-corrected chi connectivity index (χ2v) is 11.6. The van der Waals surface area contributed by atoms with E-state index in [1.165, 1.54) is 41.7 Å². The molecule has 0 unspecified atom stereocenters. The molecule has 36 heavy (non-hydrogen) atoms. The lowest BCUT2D eigenvalue weighted by molar-refractivity contribution is 0.496. The highest BCUT2D eigenvalue weighted by Gasteiger charge is 2.32. The molecule has 0 amide bonds. The number of benzene rings is 2.